The summed E-state index contributed by atoms with van der Waals surface area (Å²) in [7, 11) is 0. The molecule has 0 saturated carbocycles. The molecule has 0 fully saturated rings. The van der Waals surface area contributed by atoms with Crippen molar-refractivity contribution in [1.29, 1.82) is 0 Å². The summed E-state index contributed by atoms with van der Waals surface area (Å²) in [6.45, 7) is 18.3. The van der Waals surface area contributed by atoms with Gasteiger partial charge in [-0.3, -0.25) is 14.9 Å². The number of hydrogen-bond acceptors (Lipinski definition) is 9. The van der Waals surface area contributed by atoms with E-state index in [1.807, 2.05) is 0 Å². The van der Waals surface area contributed by atoms with Gasteiger partial charge in [0.15, 0.2) is 11.5 Å². The van der Waals surface area contributed by atoms with Gasteiger partial charge in [0.05, 0.1) is 10.8 Å². The van der Waals surface area contributed by atoms with Crippen LogP contribution in [0, 0.1) is 10.8 Å². The first-order valence-corrected chi connectivity index (χ1v) is 12.1. The number of ether oxygens (including phenoxy) is 4. The highest BCUT2D eigenvalue weighted by molar-refractivity contribution is 5.82. The molecule has 0 spiro atoms. The van der Waals surface area contributed by atoms with Gasteiger partial charge in [0.25, 0.3) is 5.72 Å². The zero-order chi connectivity index (χ0) is 29.0. The van der Waals surface area contributed by atoms with E-state index in [0.717, 1.165) is 0 Å². The molecule has 0 radical (unpaired) electrons. The molecule has 2 N–H and O–H groups in total. The molecule has 208 valence electrons. The van der Waals surface area contributed by atoms with Crippen LogP contribution in [0.15, 0.2) is 18.2 Å². The number of aliphatic carboxylic acids is 1. The fourth-order valence-electron chi connectivity index (χ4n) is 2.80. The van der Waals surface area contributed by atoms with Gasteiger partial charge in [-0.15, -0.1) is 0 Å². The topological polar surface area (TPSA) is 137 Å². The Morgan fingerprint density at radius 3 is 1.70 bits per heavy atom. The Morgan fingerprint density at radius 1 is 0.811 bits per heavy atom. The smallest absolute Gasteiger partial charge is 0.477 e. The van der Waals surface area contributed by atoms with Gasteiger partial charge in [-0.2, -0.15) is 0 Å². The van der Waals surface area contributed by atoms with Crippen molar-refractivity contribution in [3.8, 4) is 11.5 Å². The number of esters is 2. The molecule has 0 heterocycles. The van der Waals surface area contributed by atoms with Crippen LogP contribution in [0.2, 0.25) is 0 Å². The summed E-state index contributed by atoms with van der Waals surface area (Å²) in [5, 5.41) is 12.9. The molecule has 0 aromatic heterocycles. The Balaban J connectivity index is 3.54. The van der Waals surface area contributed by atoms with E-state index in [0.29, 0.717) is 5.56 Å². The van der Waals surface area contributed by atoms with E-state index in [1.165, 1.54) is 18.2 Å². The third-order valence-corrected chi connectivity index (χ3v) is 4.61. The molecule has 1 aromatic carbocycles. The maximum Gasteiger partial charge on any atom is 0.511 e. The van der Waals surface area contributed by atoms with E-state index in [9.17, 15) is 24.3 Å². The molecule has 0 aliphatic carbocycles. The van der Waals surface area contributed by atoms with Crippen LogP contribution in [0.25, 0.3) is 0 Å². The van der Waals surface area contributed by atoms with Crippen LogP contribution in [0.3, 0.4) is 0 Å². The normalized spacial score (nSPS) is 13.9. The highest BCUT2D eigenvalue weighted by Gasteiger charge is 2.45. The van der Waals surface area contributed by atoms with Gasteiger partial charge in [-0.1, -0.05) is 6.07 Å². The lowest BCUT2D eigenvalue weighted by Crippen LogP contribution is -2.59. The summed E-state index contributed by atoms with van der Waals surface area (Å²) in [5.41, 5.74) is -4.49. The fraction of sp³-hybridized carbons (Fsp3) is 0.630. The number of carboxylic acid groups (broad SMARTS) is 1. The van der Waals surface area contributed by atoms with E-state index in [-0.39, 0.29) is 17.9 Å². The van der Waals surface area contributed by atoms with Crippen molar-refractivity contribution in [2.45, 2.75) is 99.9 Å². The zero-order valence-corrected chi connectivity index (χ0v) is 23.7. The first-order valence-electron chi connectivity index (χ1n) is 12.1. The van der Waals surface area contributed by atoms with Crippen LogP contribution in [0.1, 0.15) is 81.7 Å². The van der Waals surface area contributed by atoms with Gasteiger partial charge in [0.2, 0.25) is 0 Å². The Bertz CT molecular complexity index is 1010. The average Bonchev–Trinajstić information content (AvgIpc) is 2.65. The lowest BCUT2D eigenvalue weighted by molar-refractivity contribution is -0.169. The minimum atomic E-state index is -2.20. The number of nitrogens with one attached hydrogen (secondary N) is 1. The maximum atomic E-state index is 12.6. The molecule has 1 atom stereocenters. The van der Waals surface area contributed by atoms with Crippen molar-refractivity contribution in [1.82, 2.24) is 5.32 Å². The quantitative estimate of drug-likeness (QED) is 0.276. The molecule has 0 unspecified atom stereocenters. The predicted molar refractivity (Wildman–Crippen MR) is 136 cm³/mol. The molecular weight excluding hydrogens is 482 g/mol. The number of rotatable bonds is 8. The number of benzene rings is 1. The van der Waals surface area contributed by atoms with Crippen molar-refractivity contribution < 1.29 is 43.2 Å². The summed E-state index contributed by atoms with van der Waals surface area (Å²) in [6, 6.07) is 3.88. The maximum absolute atomic E-state index is 12.6. The molecule has 0 bridgehead atoms. The first-order chi connectivity index (χ1) is 16.6. The summed E-state index contributed by atoms with van der Waals surface area (Å²) in [5.74, 6) is -2.68. The Morgan fingerprint density at radius 2 is 1.30 bits per heavy atom. The molecule has 37 heavy (non-hydrogen) atoms. The Labute approximate surface area is 219 Å². The zero-order valence-electron chi connectivity index (χ0n) is 23.7. The minimum absolute atomic E-state index is 0.00733. The van der Waals surface area contributed by atoms with Crippen LogP contribution in [-0.4, -0.2) is 46.5 Å². The molecule has 10 heteroatoms. The van der Waals surface area contributed by atoms with Crippen molar-refractivity contribution in [2.24, 2.45) is 10.8 Å². The van der Waals surface area contributed by atoms with Crippen molar-refractivity contribution in [3.63, 3.8) is 0 Å². The summed E-state index contributed by atoms with van der Waals surface area (Å²) in [4.78, 5) is 50.0. The van der Waals surface area contributed by atoms with E-state index < -0.39 is 52.3 Å². The number of carboxylic acids is 1. The first kappa shape index (κ1) is 31.9. The van der Waals surface area contributed by atoms with Gasteiger partial charge < -0.3 is 24.1 Å². The van der Waals surface area contributed by atoms with E-state index in [2.05, 4.69) is 5.32 Å². The summed E-state index contributed by atoms with van der Waals surface area (Å²) in [6.07, 6.45) is -1.52. The molecule has 0 aliphatic heterocycles. The number of hydrogen-bond donors (Lipinski definition) is 2. The lowest BCUT2D eigenvalue weighted by atomic mass is 9.97. The largest absolute Gasteiger partial charge is 0.511 e. The summed E-state index contributed by atoms with van der Waals surface area (Å²) < 4.78 is 21.6. The number of carbonyl (C=O) groups is 4. The fourth-order valence-corrected chi connectivity index (χ4v) is 2.80. The van der Waals surface area contributed by atoms with Gasteiger partial charge in [0.1, 0.15) is 5.60 Å². The van der Waals surface area contributed by atoms with Gasteiger partial charge >= 0.3 is 24.1 Å². The molecular formula is C27H41NO9. The van der Waals surface area contributed by atoms with Crippen LogP contribution in [0.4, 0.5) is 4.79 Å². The SMILES string of the molecule is CC(C)N[C@@](Cc1ccc(OC(=O)C(C)(C)C)c(OC(=O)C(C)(C)C)c1)(OC(=O)OC(C)(C)C)C(=O)O. The third kappa shape index (κ3) is 10.0. The Hall–Kier alpha value is -3.14. The summed E-state index contributed by atoms with van der Waals surface area (Å²) >= 11 is 0. The van der Waals surface area contributed by atoms with Crippen molar-refractivity contribution in [2.75, 3.05) is 0 Å². The third-order valence-electron chi connectivity index (χ3n) is 4.61. The predicted octanol–water partition coefficient (Wildman–Crippen LogP) is 4.86. The molecule has 0 amide bonds. The number of carbonyl (C=O) groups excluding carboxylic acids is 3. The van der Waals surface area contributed by atoms with Crippen LogP contribution >= 0.6 is 0 Å². The van der Waals surface area contributed by atoms with E-state index in [1.54, 1.807) is 76.2 Å². The lowest BCUT2D eigenvalue weighted by Gasteiger charge is -2.33. The molecule has 0 aliphatic rings. The van der Waals surface area contributed by atoms with Crippen molar-refractivity contribution in [3.05, 3.63) is 23.8 Å². The van der Waals surface area contributed by atoms with E-state index >= 15 is 0 Å². The molecule has 0 saturated heterocycles. The van der Waals surface area contributed by atoms with Crippen molar-refractivity contribution >= 4 is 24.1 Å². The standard InChI is InChI=1S/C27H41NO9/c1-16(2)28-27(20(29)30,37-23(33)36-26(9,10)11)15-17-12-13-18(34-21(31)24(3,4)5)19(14-17)35-22(32)25(6,7)8/h12-14,16,28H,15H2,1-11H3,(H,29,30)/t27-/m0/s1. The molecule has 1 aromatic rings. The average molecular weight is 524 g/mol. The minimum Gasteiger partial charge on any atom is -0.477 e. The highest BCUT2D eigenvalue weighted by Crippen LogP contribution is 2.34. The van der Waals surface area contributed by atoms with Gasteiger partial charge in [-0.05, 0) is 93.9 Å². The van der Waals surface area contributed by atoms with Crippen LogP contribution < -0.4 is 14.8 Å². The Kier molecular flexibility index (Phi) is 9.91. The highest BCUT2D eigenvalue weighted by atomic mass is 16.8. The van der Waals surface area contributed by atoms with E-state index in [4.69, 9.17) is 18.9 Å². The molecule has 10 nitrogen and oxygen atoms in total. The second-order valence-corrected chi connectivity index (χ2v) is 12.2. The molecule has 1 rings (SSSR count). The van der Waals surface area contributed by atoms with Gasteiger partial charge in [0, 0.05) is 12.5 Å². The monoisotopic (exact) mass is 523 g/mol. The van der Waals surface area contributed by atoms with Crippen LogP contribution in [-0.2, 0) is 30.3 Å². The second-order valence-electron chi connectivity index (χ2n) is 12.2. The van der Waals surface area contributed by atoms with Crippen LogP contribution in [0.5, 0.6) is 11.5 Å². The van der Waals surface area contributed by atoms with Gasteiger partial charge in [-0.25, -0.2) is 9.59 Å². The second kappa shape index (κ2) is 11.5.